The van der Waals surface area contributed by atoms with Crippen molar-refractivity contribution >= 4 is 0 Å². The zero-order chi connectivity index (χ0) is 7.78. The average Bonchev–Trinajstić information content (AvgIpc) is 1.83. The first-order chi connectivity index (χ1) is 4.54. The van der Waals surface area contributed by atoms with E-state index in [1.54, 1.807) is 0 Å². The second-order valence-electron chi connectivity index (χ2n) is 2.76. The molecule has 2 atom stereocenters. The highest BCUT2D eigenvalue weighted by molar-refractivity contribution is 4.89. The van der Waals surface area contributed by atoms with Crippen molar-refractivity contribution in [1.29, 1.82) is 0 Å². The topological polar surface area (TPSA) is 46.2 Å². The first kappa shape index (κ1) is 7.88. The van der Waals surface area contributed by atoms with Crippen molar-refractivity contribution in [3.05, 3.63) is 0 Å². The van der Waals surface area contributed by atoms with E-state index in [1.807, 2.05) is 0 Å². The SMILES string of the molecule is N[C@H]1CCCC(F)(F)[C@@H]1O. The molecule has 0 bridgehead atoms. The molecule has 0 aromatic rings. The molecule has 60 valence electrons. The van der Waals surface area contributed by atoms with Crippen LogP contribution in [-0.4, -0.2) is 23.2 Å². The molecule has 1 saturated carbocycles. The van der Waals surface area contributed by atoms with Gasteiger partial charge in [-0.05, 0) is 12.8 Å². The Labute approximate surface area is 58.0 Å². The monoisotopic (exact) mass is 151 g/mol. The maximum absolute atomic E-state index is 12.5. The van der Waals surface area contributed by atoms with Crippen molar-refractivity contribution in [3.8, 4) is 0 Å². The number of halogens is 2. The van der Waals surface area contributed by atoms with Crippen LogP contribution >= 0.6 is 0 Å². The van der Waals surface area contributed by atoms with E-state index in [4.69, 9.17) is 10.8 Å². The number of aliphatic hydroxyl groups excluding tert-OH is 1. The Morgan fingerprint density at radius 3 is 2.50 bits per heavy atom. The Balaban J connectivity index is 2.60. The van der Waals surface area contributed by atoms with E-state index in [-0.39, 0.29) is 6.42 Å². The predicted molar refractivity (Wildman–Crippen MR) is 32.8 cm³/mol. The first-order valence-electron chi connectivity index (χ1n) is 3.35. The maximum Gasteiger partial charge on any atom is 0.274 e. The Hall–Kier alpha value is -0.220. The van der Waals surface area contributed by atoms with Gasteiger partial charge in [0.2, 0.25) is 0 Å². The lowest BCUT2D eigenvalue weighted by Crippen LogP contribution is -2.50. The van der Waals surface area contributed by atoms with Crippen molar-refractivity contribution in [2.45, 2.75) is 37.3 Å². The van der Waals surface area contributed by atoms with Gasteiger partial charge >= 0.3 is 0 Å². The Kier molecular flexibility index (Phi) is 1.92. The lowest BCUT2D eigenvalue weighted by Gasteiger charge is -2.31. The minimum Gasteiger partial charge on any atom is -0.385 e. The summed E-state index contributed by atoms with van der Waals surface area (Å²) in [5, 5.41) is 8.83. The number of hydrogen-bond acceptors (Lipinski definition) is 2. The fourth-order valence-corrected chi connectivity index (χ4v) is 1.19. The van der Waals surface area contributed by atoms with E-state index < -0.39 is 18.1 Å². The quantitative estimate of drug-likeness (QED) is 0.529. The lowest BCUT2D eigenvalue weighted by atomic mass is 9.90. The Morgan fingerprint density at radius 2 is 2.10 bits per heavy atom. The van der Waals surface area contributed by atoms with Crippen LogP contribution in [0.1, 0.15) is 19.3 Å². The van der Waals surface area contributed by atoms with Crippen LogP contribution < -0.4 is 5.73 Å². The average molecular weight is 151 g/mol. The standard InChI is InChI=1S/C6H11F2NO/c7-6(8)3-1-2-4(9)5(6)10/h4-5,10H,1-3,9H2/t4-,5+/m0/s1. The van der Waals surface area contributed by atoms with Gasteiger partial charge in [0.15, 0.2) is 0 Å². The molecule has 0 radical (unpaired) electrons. The molecule has 1 fully saturated rings. The Bertz CT molecular complexity index is 129. The molecule has 2 nitrogen and oxygen atoms in total. The molecular weight excluding hydrogens is 140 g/mol. The number of aliphatic hydroxyl groups is 1. The van der Waals surface area contributed by atoms with Crippen LogP contribution in [0, 0.1) is 0 Å². The summed E-state index contributed by atoms with van der Waals surface area (Å²) in [7, 11) is 0. The maximum atomic E-state index is 12.5. The summed E-state index contributed by atoms with van der Waals surface area (Å²) in [6.07, 6.45) is -0.967. The van der Waals surface area contributed by atoms with E-state index in [9.17, 15) is 8.78 Å². The Morgan fingerprint density at radius 1 is 1.50 bits per heavy atom. The molecular formula is C6H11F2NO. The van der Waals surface area contributed by atoms with Gasteiger partial charge in [0.1, 0.15) is 6.10 Å². The van der Waals surface area contributed by atoms with Gasteiger partial charge in [0.05, 0.1) is 0 Å². The van der Waals surface area contributed by atoms with Gasteiger partial charge < -0.3 is 10.8 Å². The summed E-state index contributed by atoms with van der Waals surface area (Å²) in [4.78, 5) is 0. The number of alkyl halides is 2. The number of rotatable bonds is 0. The number of hydrogen-bond donors (Lipinski definition) is 2. The second-order valence-corrected chi connectivity index (χ2v) is 2.76. The fraction of sp³-hybridized carbons (Fsp3) is 1.00. The summed E-state index contributed by atoms with van der Waals surface area (Å²) in [6, 6.07) is -0.747. The molecule has 1 aliphatic carbocycles. The smallest absolute Gasteiger partial charge is 0.274 e. The van der Waals surface area contributed by atoms with Crippen LogP contribution in [0.4, 0.5) is 8.78 Å². The fourth-order valence-electron chi connectivity index (χ4n) is 1.19. The van der Waals surface area contributed by atoms with Gasteiger partial charge in [0, 0.05) is 12.5 Å². The van der Waals surface area contributed by atoms with Crippen LogP contribution in [0.2, 0.25) is 0 Å². The van der Waals surface area contributed by atoms with Crippen molar-refractivity contribution in [1.82, 2.24) is 0 Å². The van der Waals surface area contributed by atoms with Crippen molar-refractivity contribution < 1.29 is 13.9 Å². The highest BCUT2D eigenvalue weighted by Gasteiger charge is 2.44. The zero-order valence-electron chi connectivity index (χ0n) is 5.56. The van der Waals surface area contributed by atoms with Crippen LogP contribution in [0.5, 0.6) is 0 Å². The molecule has 10 heavy (non-hydrogen) atoms. The van der Waals surface area contributed by atoms with Crippen LogP contribution in [0.3, 0.4) is 0 Å². The summed E-state index contributed by atoms with van der Waals surface area (Å²) in [6.45, 7) is 0. The van der Waals surface area contributed by atoms with Gasteiger partial charge in [-0.15, -0.1) is 0 Å². The number of nitrogens with two attached hydrogens (primary N) is 1. The highest BCUT2D eigenvalue weighted by Crippen LogP contribution is 2.32. The van der Waals surface area contributed by atoms with E-state index in [0.717, 1.165) is 0 Å². The summed E-state index contributed by atoms with van der Waals surface area (Å²) in [5.41, 5.74) is 5.22. The van der Waals surface area contributed by atoms with Crippen LogP contribution in [0.25, 0.3) is 0 Å². The molecule has 1 rings (SSSR count). The van der Waals surface area contributed by atoms with Crippen molar-refractivity contribution in [2.24, 2.45) is 5.73 Å². The van der Waals surface area contributed by atoms with Gasteiger partial charge in [0.25, 0.3) is 5.92 Å². The summed E-state index contributed by atoms with van der Waals surface area (Å²) in [5.74, 6) is -2.96. The van der Waals surface area contributed by atoms with Crippen LogP contribution in [0.15, 0.2) is 0 Å². The first-order valence-corrected chi connectivity index (χ1v) is 3.35. The van der Waals surface area contributed by atoms with E-state index in [2.05, 4.69) is 0 Å². The predicted octanol–water partition coefficient (Wildman–Crippen LogP) is 0.494. The molecule has 0 aliphatic heterocycles. The molecule has 0 amide bonds. The van der Waals surface area contributed by atoms with Gasteiger partial charge in [-0.25, -0.2) is 8.78 Å². The van der Waals surface area contributed by atoms with E-state index in [1.165, 1.54) is 0 Å². The van der Waals surface area contributed by atoms with E-state index in [0.29, 0.717) is 12.8 Å². The summed E-state index contributed by atoms with van der Waals surface area (Å²) >= 11 is 0. The molecule has 0 heterocycles. The minimum atomic E-state index is -2.96. The third kappa shape index (κ3) is 1.27. The highest BCUT2D eigenvalue weighted by atomic mass is 19.3. The minimum absolute atomic E-state index is 0.234. The molecule has 3 N–H and O–H groups in total. The molecule has 0 spiro atoms. The molecule has 4 heteroatoms. The van der Waals surface area contributed by atoms with Gasteiger partial charge in [-0.3, -0.25) is 0 Å². The third-order valence-corrected chi connectivity index (χ3v) is 1.89. The molecule has 1 aliphatic rings. The second kappa shape index (κ2) is 2.43. The molecule has 0 aromatic heterocycles. The van der Waals surface area contributed by atoms with Gasteiger partial charge in [-0.2, -0.15) is 0 Å². The normalized spacial score (nSPS) is 39.6. The van der Waals surface area contributed by atoms with Crippen molar-refractivity contribution in [2.75, 3.05) is 0 Å². The molecule has 0 aromatic carbocycles. The molecule has 0 saturated heterocycles. The van der Waals surface area contributed by atoms with Gasteiger partial charge in [-0.1, -0.05) is 0 Å². The third-order valence-electron chi connectivity index (χ3n) is 1.89. The summed E-state index contributed by atoms with van der Waals surface area (Å²) < 4.78 is 25.0. The largest absolute Gasteiger partial charge is 0.385 e. The lowest BCUT2D eigenvalue weighted by molar-refractivity contribution is -0.138. The van der Waals surface area contributed by atoms with Crippen LogP contribution in [-0.2, 0) is 0 Å². The van der Waals surface area contributed by atoms with Crippen molar-refractivity contribution in [3.63, 3.8) is 0 Å². The van der Waals surface area contributed by atoms with E-state index >= 15 is 0 Å². The molecule has 0 unspecified atom stereocenters. The zero-order valence-corrected chi connectivity index (χ0v) is 5.56.